The Kier molecular flexibility index (Phi) is 8.46. The van der Waals surface area contributed by atoms with Gasteiger partial charge in [0.1, 0.15) is 5.00 Å². The maximum absolute atomic E-state index is 13.0. The molecule has 0 bridgehead atoms. The van der Waals surface area contributed by atoms with Crippen molar-refractivity contribution in [2.24, 2.45) is 0 Å². The van der Waals surface area contributed by atoms with E-state index in [9.17, 15) is 9.59 Å². The Balaban J connectivity index is 1.33. The lowest BCUT2D eigenvalue weighted by atomic mass is 9.95. The van der Waals surface area contributed by atoms with Crippen LogP contribution in [-0.2, 0) is 41.8 Å². The van der Waals surface area contributed by atoms with Gasteiger partial charge in [0.15, 0.2) is 11.0 Å². The molecule has 196 valence electrons. The van der Waals surface area contributed by atoms with Gasteiger partial charge in [-0.05, 0) is 69.4 Å². The van der Waals surface area contributed by atoms with E-state index in [-0.39, 0.29) is 17.6 Å². The second-order valence-corrected chi connectivity index (χ2v) is 12.3. The van der Waals surface area contributed by atoms with E-state index in [0.717, 1.165) is 61.9 Å². The minimum absolute atomic E-state index is 0.169. The number of amides is 1. The molecule has 37 heavy (non-hydrogen) atoms. The molecule has 0 aromatic carbocycles. The highest BCUT2D eigenvalue weighted by Crippen LogP contribution is 2.39. The predicted molar refractivity (Wildman–Crippen MR) is 151 cm³/mol. The number of thiophene rings is 2. The van der Waals surface area contributed by atoms with Gasteiger partial charge in [-0.1, -0.05) is 24.3 Å². The van der Waals surface area contributed by atoms with Gasteiger partial charge in [0, 0.05) is 27.2 Å². The highest BCUT2D eigenvalue weighted by molar-refractivity contribution is 7.99. The van der Waals surface area contributed by atoms with Gasteiger partial charge in [-0.3, -0.25) is 9.36 Å². The zero-order valence-corrected chi connectivity index (χ0v) is 23.6. The van der Waals surface area contributed by atoms with Crippen LogP contribution in [0.4, 0.5) is 5.00 Å². The lowest BCUT2D eigenvalue weighted by Gasteiger charge is -2.13. The number of anilines is 1. The zero-order valence-electron chi connectivity index (χ0n) is 21.1. The Morgan fingerprint density at radius 3 is 2.70 bits per heavy atom. The lowest BCUT2D eigenvalue weighted by molar-refractivity contribution is -0.113. The molecule has 0 saturated heterocycles. The Morgan fingerprint density at radius 1 is 1.11 bits per heavy atom. The average molecular weight is 557 g/mol. The number of aryl methyl sites for hydroxylation is 2. The summed E-state index contributed by atoms with van der Waals surface area (Å²) in [7, 11) is 0. The van der Waals surface area contributed by atoms with Crippen molar-refractivity contribution in [2.45, 2.75) is 76.4 Å². The monoisotopic (exact) mass is 556 g/mol. The van der Waals surface area contributed by atoms with E-state index in [4.69, 9.17) is 4.74 Å². The van der Waals surface area contributed by atoms with Gasteiger partial charge in [0.25, 0.3) is 0 Å². The van der Waals surface area contributed by atoms with Crippen LogP contribution in [0, 0.1) is 0 Å². The number of carbonyl (C=O) groups is 2. The molecule has 0 atom stereocenters. The van der Waals surface area contributed by atoms with E-state index < -0.39 is 0 Å². The third kappa shape index (κ3) is 5.56. The van der Waals surface area contributed by atoms with Crippen molar-refractivity contribution in [1.29, 1.82) is 0 Å². The summed E-state index contributed by atoms with van der Waals surface area (Å²) in [5, 5.41) is 15.4. The normalized spacial score (nSPS) is 14.9. The fourth-order valence-electron chi connectivity index (χ4n) is 5.11. The van der Waals surface area contributed by atoms with Crippen molar-refractivity contribution in [3.63, 3.8) is 0 Å². The van der Waals surface area contributed by atoms with Crippen LogP contribution in [0.15, 0.2) is 23.2 Å². The molecule has 5 rings (SSSR count). The molecule has 0 fully saturated rings. The Bertz CT molecular complexity index is 1310. The SMILES string of the molecule is C=CCn1c(SCC(=O)Nc2sc3c(c2C(=O)OCC)CCCCC3)nnc1-c1csc2c1CCCC2. The average Bonchev–Trinajstić information content (AvgIpc) is 3.54. The number of nitrogens with zero attached hydrogens (tertiary/aromatic N) is 3. The molecular formula is C27H32N4O3S3. The standard InChI is InChI=1S/C27H32N4O3S3/c1-3-14-31-24(19-15-35-20-12-9-8-10-17(19)20)29-30-27(31)36-16-22(32)28-25-23(26(33)34-4-2)18-11-6-5-7-13-21(18)37-25/h3,15H,1,4-14,16H2,2H3,(H,28,32). The van der Waals surface area contributed by atoms with E-state index in [1.165, 1.54) is 51.3 Å². The molecule has 0 unspecified atom stereocenters. The van der Waals surface area contributed by atoms with E-state index in [0.29, 0.717) is 28.9 Å². The largest absolute Gasteiger partial charge is 0.462 e. The Morgan fingerprint density at radius 2 is 1.86 bits per heavy atom. The summed E-state index contributed by atoms with van der Waals surface area (Å²) < 4.78 is 7.39. The fourth-order valence-corrected chi connectivity index (χ4v) is 8.28. The first kappa shape index (κ1) is 26.2. The molecule has 2 aliphatic rings. The summed E-state index contributed by atoms with van der Waals surface area (Å²) in [5.74, 6) is 0.490. The number of allylic oxidation sites excluding steroid dienone is 1. The lowest BCUT2D eigenvalue weighted by Crippen LogP contribution is -2.17. The van der Waals surface area contributed by atoms with Crippen molar-refractivity contribution in [3.8, 4) is 11.4 Å². The fraction of sp³-hybridized carbons (Fsp3) is 0.481. The Hall–Kier alpha value is -2.43. The first-order valence-corrected chi connectivity index (χ1v) is 15.7. The van der Waals surface area contributed by atoms with Gasteiger partial charge in [-0.2, -0.15) is 0 Å². The molecule has 7 nitrogen and oxygen atoms in total. The van der Waals surface area contributed by atoms with Crippen molar-refractivity contribution in [2.75, 3.05) is 17.7 Å². The first-order valence-electron chi connectivity index (χ1n) is 13.0. The first-order chi connectivity index (χ1) is 18.1. The van der Waals surface area contributed by atoms with Gasteiger partial charge in [0.05, 0.1) is 17.9 Å². The van der Waals surface area contributed by atoms with Crippen molar-refractivity contribution >= 4 is 51.3 Å². The molecule has 10 heteroatoms. The van der Waals surface area contributed by atoms with E-state index in [1.54, 1.807) is 6.92 Å². The third-order valence-electron chi connectivity index (χ3n) is 6.82. The molecule has 2 aliphatic carbocycles. The summed E-state index contributed by atoms with van der Waals surface area (Å²) >= 11 is 4.68. The van der Waals surface area contributed by atoms with E-state index >= 15 is 0 Å². The maximum Gasteiger partial charge on any atom is 0.341 e. The highest BCUT2D eigenvalue weighted by Gasteiger charge is 2.27. The number of fused-ring (bicyclic) bond motifs is 2. The molecule has 3 heterocycles. The molecule has 1 amide bonds. The number of hydrogen-bond donors (Lipinski definition) is 1. The minimum atomic E-state index is -0.348. The molecule has 1 N–H and O–H groups in total. The number of esters is 1. The quantitative estimate of drug-likeness (QED) is 0.144. The summed E-state index contributed by atoms with van der Waals surface area (Å²) in [5.41, 5.74) is 4.15. The van der Waals surface area contributed by atoms with Crippen LogP contribution in [0.25, 0.3) is 11.4 Å². The Labute approximate surface area is 229 Å². The van der Waals surface area contributed by atoms with Crippen LogP contribution in [0.2, 0.25) is 0 Å². The van der Waals surface area contributed by atoms with Crippen LogP contribution in [0.3, 0.4) is 0 Å². The predicted octanol–water partition coefficient (Wildman–Crippen LogP) is 6.31. The second-order valence-electron chi connectivity index (χ2n) is 9.29. The third-order valence-corrected chi connectivity index (χ3v) is 10.1. The van der Waals surface area contributed by atoms with Crippen molar-refractivity contribution < 1.29 is 14.3 Å². The van der Waals surface area contributed by atoms with Crippen LogP contribution in [0.1, 0.15) is 70.3 Å². The van der Waals surface area contributed by atoms with Crippen LogP contribution < -0.4 is 5.32 Å². The maximum atomic E-state index is 13.0. The van der Waals surface area contributed by atoms with Gasteiger partial charge in [-0.25, -0.2) is 4.79 Å². The smallest absolute Gasteiger partial charge is 0.341 e. The summed E-state index contributed by atoms with van der Waals surface area (Å²) in [6, 6.07) is 0. The topological polar surface area (TPSA) is 86.1 Å². The zero-order chi connectivity index (χ0) is 25.8. The molecule has 3 aromatic heterocycles. The number of hydrogen-bond acceptors (Lipinski definition) is 8. The molecule has 0 radical (unpaired) electrons. The molecule has 0 spiro atoms. The van der Waals surface area contributed by atoms with Crippen molar-refractivity contribution in [3.05, 3.63) is 44.5 Å². The van der Waals surface area contributed by atoms with Gasteiger partial charge in [0.2, 0.25) is 5.91 Å². The number of ether oxygens (including phenoxy) is 1. The number of rotatable bonds is 9. The second kappa shape index (κ2) is 12.0. The van der Waals surface area contributed by atoms with Crippen LogP contribution in [-0.4, -0.2) is 39.0 Å². The number of aromatic nitrogens is 3. The molecule has 3 aromatic rings. The van der Waals surface area contributed by atoms with E-state index in [2.05, 4.69) is 27.5 Å². The molecule has 0 saturated carbocycles. The number of carbonyl (C=O) groups excluding carboxylic acids is 2. The van der Waals surface area contributed by atoms with Crippen LogP contribution in [0.5, 0.6) is 0 Å². The highest BCUT2D eigenvalue weighted by atomic mass is 32.2. The summed E-state index contributed by atoms with van der Waals surface area (Å²) in [6.45, 7) is 6.59. The summed E-state index contributed by atoms with van der Waals surface area (Å²) in [6.07, 6.45) is 11.6. The number of nitrogens with one attached hydrogen (secondary N) is 1. The van der Waals surface area contributed by atoms with Gasteiger partial charge in [-0.15, -0.1) is 39.4 Å². The van der Waals surface area contributed by atoms with Crippen LogP contribution >= 0.6 is 34.4 Å². The summed E-state index contributed by atoms with van der Waals surface area (Å²) in [4.78, 5) is 28.5. The van der Waals surface area contributed by atoms with Gasteiger partial charge >= 0.3 is 5.97 Å². The minimum Gasteiger partial charge on any atom is -0.462 e. The van der Waals surface area contributed by atoms with Gasteiger partial charge < -0.3 is 10.1 Å². The molecule has 0 aliphatic heterocycles. The van der Waals surface area contributed by atoms with E-state index in [1.807, 2.05) is 22.0 Å². The van der Waals surface area contributed by atoms with Crippen molar-refractivity contribution in [1.82, 2.24) is 14.8 Å². The number of thioether (sulfide) groups is 1. The molecular weight excluding hydrogens is 525 g/mol.